The Morgan fingerprint density at radius 1 is 0.944 bits per heavy atom. The average Bonchev–Trinajstić information content (AvgIpc) is 3.16. The molecule has 4 rings (SSSR count). The molecule has 0 radical (unpaired) electrons. The largest absolute Gasteiger partial charge is 0.444 e. The molecule has 0 unspecified atom stereocenters. The van der Waals surface area contributed by atoms with Crippen LogP contribution in [0.25, 0.3) is 0 Å². The lowest BCUT2D eigenvalue weighted by molar-refractivity contribution is -0.116. The maximum Gasteiger partial charge on any atom is 0.410 e. The second-order valence-corrected chi connectivity index (χ2v) is 16.3. The Morgan fingerprint density at radius 2 is 1.50 bits per heavy atom. The molecule has 0 spiro atoms. The SMILES string of the molecule is CC(C)(C)OC(=O)N1[C@H](CO[Si](c2ccccc2)(c2ccccc2)C(C)(C)C)C[C@@H]2C=CC(=O)C[C@@H]21. The van der Waals surface area contributed by atoms with E-state index >= 15 is 0 Å². The van der Waals surface area contributed by atoms with Crippen molar-refractivity contribution in [2.75, 3.05) is 6.61 Å². The molecule has 36 heavy (non-hydrogen) atoms. The number of ether oxygens (including phenoxy) is 1. The molecule has 1 fully saturated rings. The highest BCUT2D eigenvalue weighted by atomic mass is 28.4. The number of likely N-dealkylation sites (tertiary alicyclic amines) is 1. The van der Waals surface area contributed by atoms with Crippen molar-refractivity contribution in [2.24, 2.45) is 5.92 Å². The Bertz CT molecular complexity index is 1060. The molecular formula is C30H39NO4Si. The number of ketones is 1. The minimum absolute atomic E-state index is 0.0540. The highest BCUT2D eigenvalue weighted by Crippen LogP contribution is 2.40. The van der Waals surface area contributed by atoms with Crippen LogP contribution in [0.3, 0.4) is 0 Å². The first-order valence-corrected chi connectivity index (χ1v) is 14.8. The van der Waals surface area contributed by atoms with Gasteiger partial charge in [0.25, 0.3) is 8.32 Å². The summed E-state index contributed by atoms with van der Waals surface area (Å²) in [6, 6.07) is 20.7. The molecule has 2 aromatic carbocycles. The van der Waals surface area contributed by atoms with Crippen molar-refractivity contribution < 1.29 is 18.8 Å². The molecule has 1 saturated heterocycles. The Labute approximate surface area is 216 Å². The molecule has 2 aromatic rings. The predicted molar refractivity (Wildman–Crippen MR) is 146 cm³/mol. The van der Waals surface area contributed by atoms with Crippen LogP contribution in [-0.2, 0) is 14.0 Å². The first-order valence-electron chi connectivity index (χ1n) is 12.9. The van der Waals surface area contributed by atoms with Crippen molar-refractivity contribution in [3.05, 3.63) is 72.8 Å². The number of benzene rings is 2. The minimum Gasteiger partial charge on any atom is -0.444 e. The first kappa shape index (κ1) is 26.4. The second kappa shape index (κ2) is 9.98. The molecule has 5 nitrogen and oxygen atoms in total. The summed E-state index contributed by atoms with van der Waals surface area (Å²) in [5.74, 6) is 0.182. The van der Waals surface area contributed by atoms with E-state index in [9.17, 15) is 9.59 Å². The number of hydrogen-bond acceptors (Lipinski definition) is 4. The monoisotopic (exact) mass is 505 g/mol. The smallest absolute Gasteiger partial charge is 0.410 e. The zero-order valence-corrected chi connectivity index (χ0v) is 23.4. The maximum atomic E-state index is 13.4. The highest BCUT2D eigenvalue weighted by Gasteiger charge is 2.52. The molecule has 6 heteroatoms. The summed E-state index contributed by atoms with van der Waals surface area (Å²) in [6.45, 7) is 12.8. The van der Waals surface area contributed by atoms with Crippen LogP contribution in [0.1, 0.15) is 54.4 Å². The van der Waals surface area contributed by atoms with Gasteiger partial charge in [0.15, 0.2) is 5.78 Å². The second-order valence-electron chi connectivity index (χ2n) is 12.0. The first-order chi connectivity index (χ1) is 16.9. The molecule has 3 atom stereocenters. The van der Waals surface area contributed by atoms with Gasteiger partial charge in [0.05, 0.1) is 12.6 Å². The van der Waals surface area contributed by atoms with E-state index in [-0.39, 0.29) is 34.9 Å². The lowest BCUT2D eigenvalue weighted by Crippen LogP contribution is -2.67. The van der Waals surface area contributed by atoms with Crippen molar-refractivity contribution in [1.82, 2.24) is 4.90 Å². The molecule has 0 aromatic heterocycles. The fraction of sp³-hybridized carbons (Fsp3) is 0.467. The van der Waals surface area contributed by atoms with Gasteiger partial charge in [-0.1, -0.05) is 87.5 Å². The van der Waals surface area contributed by atoms with E-state index in [0.717, 1.165) is 6.42 Å². The van der Waals surface area contributed by atoms with E-state index < -0.39 is 13.9 Å². The molecule has 0 bridgehead atoms. The Morgan fingerprint density at radius 3 is 2.00 bits per heavy atom. The summed E-state index contributed by atoms with van der Waals surface area (Å²) in [7, 11) is -2.75. The summed E-state index contributed by atoms with van der Waals surface area (Å²) >= 11 is 0. The van der Waals surface area contributed by atoms with Crippen molar-refractivity contribution in [2.45, 2.75) is 77.1 Å². The third-order valence-electron chi connectivity index (χ3n) is 7.24. The molecule has 2 aliphatic rings. The Balaban J connectivity index is 1.72. The van der Waals surface area contributed by atoms with Crippen molar-refractivity contribution in [3.8, 4) is 0 Å². The topological polar surface area (TPSA) is 55.8 Å². The Kier molecular flexibility index (Phi) is 7.31. The number of fused-ring (bicyclic) bond motifs is 1. The van der Waals surface area contributed by atoms with Crippen LogP contribution in [0.15, 0.2) is 72.8 Å². The molecule has 0 saturated carbocycles. The van der Waals surface area contributed by atoms with Crippen LogP contribution < -0.4 is 10.4 Å². The number of amides is 1. The van der Waals surface area contributed by atoms with Gasteiger partial charge in [0.1, 0.15) is 5.60 Å². The lowest BCUT2D eigenvalue weighted by atomic mass is 9.90. The van der Waals surface area contributed by atoms with Crippen LogP contribution in [0, 0.1) is 5.92 Å². The van der Waals surface area contributed by atoms with Gasteiger partial charge in [-0.15, -0.1) is 0 Å². The van der Waals surface area contributed by atoms with E-state index in [1.165, 1.54) is 10.4 Å². The number of carbonyl (C=O) groups is 2. The third kappa shape index (κ3) is 5.20. The van der Waals surface area contributed by atoms with Crippen molar-refractivity contribution in [3.63, 3.8) is 0 Å². The van der Waals surface area contributed by atoms with Crippen LogP contribution in [0.4, 0.5) is 4.79 Å². The van der Waals surface area contributed by atoms with Gasteiger partial charge in [-0.2, -0.15) is 0 Å². The van der Waals surface area contributed by atoms with Crippen LogP contribution >= 0.6 is 0 Å². The predicted octanol–water partition coefficient (Wildman–Crippen LogP) is 5.09. The summed E-state index contributed by atoms with van der Waals surface area (Å²) < 4.78 is 13.0. The fourth-order valence-electron chi connectivity index (χ4n) is 5.75. The summed E-state index contributed by atoms with van der Waals surface area (Å²) in [6.07, 6.45) is 4.35. The van der Waals surface area contributed by atoms with E-state index in [4.69, 9.17) is 9.16 Å². The summed E-state index contributed by atoms with van der Waals surface area (Å²) in [4.78, 5) is 27.5. The molecule has 1 aliphatic heterocycles. The van der Waals surface area contributed by atoms with E-state index in [0.29, 0.717) is 13.0 Å². The zero-order chi connectivity index (χ0) is 26.1. The Hall–Kier alpha value is -2.70. The van der Waals surface area contributed by atoms with E-state index in [1.807, 2.05) is 39.0 Å². The quantitative estimate of drug-likeness (QED) is 0.532. The maximum absolute atomic E-state index is 13.4. The molecule has 192 valence electrons. The number of allylic oxidation sites excluding steroid dienone is 1. The molecule has 0 N–H and O–H groups in total. The van der Waals surface area contributed by atoms with Crippen LogP contribution in [0.5, 0.6) is 0 Å². The standard InChI is InChI=1S/C30H39NO4Si/c1-29(2,3)35-28(33)31-23(19-22-17-18-24(32)20-27(22)31)21-34-36(30(4,5)6,25-13-9-7-10-14-25)26-15-11-8-12-16-26/h7-18,22-23,27H,19-21H2,1-6H3/t22-,23-,27-/m0/s1. The molecular weight excluding hydrogens is 466 g/mol. The van der Waals surface area contributed by atoms with Crippen LogP contribution in [0.2, 0.25) is 5.04 Å². The van der Waals surface area contributed by atoms with Crippen molar-refractivity contribution in [1.29, 1.82) is 0 Å². The minimum atomic E-state index is -2.75. The summed E-state index contributed by atoms with van der Waals surface area (Å²) in [5.41, 5.74) is -0.618. The number of carbonyl (C=O) groups excluding carboxylic acids is 2. The molecule has 1 aliphatic carbocycles. The lowest BCUT2D eigenvalue weighted by Gasteiger charge is -2.44. The molecule has 1 amide bonds. The highest BCUT2D eigenvalue weighted by molar-refractivity contribution is 6.99. The fourth-order valence-corrected chi connectivity index (χ4v) is 10.4. The van der Waals surface area contributed by atoms with Gasteiger partial charge in [0, 0.05) is 18.4 Å². The van der Waals surface area contributed by atoms with Crippen LogP contribution in [-0.4, -0.2) is 49.4 Å². The number of rotatable bonds is 5. The van der Waals surface area contributed by atoms with Gasteiger partial charge >= 0.3 is 6.09 Å². The van der Waals surface area contributed by atoms with Gasteiger partial charge in [-0.05, 0) is 48.7 Å². The van der Waals surface area contributed by atoms with Gasteiger partial charge in [-0.3, -0.25) is 9.69 Å². The zero-order valence-electron chi connectivity index (χ0n) is 22.4. The van der Waals surface area contributed by atoms with Gasteiger partial charge in [-0.25, -0.2) is 4.79 Å². The van der Waals surface area contributed by atoms with E-state index in [2.05, 4.69) is 69.3 Å². The van der Waals surface area contributed by atoms with Gasteiger partial charge in [0.2, 0.25) is 0 Å². The van der Waals surface area contributed by atoms with Gasteiger partial charge < -0.3 is 9.16 Å². The van der Waals surface area contributed by atoms with E-state index in [1.54, 1.807) is 11.0 Å². The average molecular weight is 506 g/mol. The third-order valence-corrected chi connectivity index (χ3v) is 12.2. The number of nitrogens with zero attached hydrogens (tertiary/aromatic N) is 1. The molecule has 1 heterocycles. The normalized spacial score (nSPS) is 22.4. The number of hydrogen-bond donors (Lipinski definition) is 0. The summed E-state index contributed by atoms with van der Waals surface area (Å²) in [5, 5.41) is 2.25. The van der Waals surface area contributed by atoms with Crippen molar-refractivity contribution >= 4 is 30.6 Å².